The Hall–Kier alpha value is -1.48. The lowest BCUT2D eigenvalue weighted by Crippen LogP contribution is -2.25. The molecule has 0 radical (unpaired) electrons. The van der Waals surface area contributed by atoms with Crippen molar-refractivity contribution in [2.45, 2.75) is 34.1 Å². The summed E-state index contributed by atoms with van der Waals surface area (Å²) >= 11 is 0. The van der Waals surface area contributed by atoms with E-state index < -0.39 is 0 Å². The number of hydrogen-bond acceptors (Lipinski definition) is 3. The Kier molecular flexibility index (Phi) is 7.30. The number of allylic oxidation sites excluding steroid dienone is 1. The standard InChI is InChI=1S/C18H29NO2/c1-6-7-15-8-9-16(17(14-15)20-5)21-13-12-19-11-10-18(2,3)4/h6-9,14,19H,10-13H2,1-5H3. The maximum absolute atomic E-state index is 5.78. The van der Waals surface area contributed by atoms with Crippen LogP contribution < -0.4 is 14.8 Å². The van der Waals surface area contributed by atoms with Crippen molar-refractivity contribution in [3.63, 3.8) is 0 Å². The molecule has 0 saturated carbocycles. The van der Waals surface area contributed by atoms with Gasteiger partial charge in [-0.15, -0.1) is 0 Å². The highest BCUT2D eigenvalue weighted by Gasteiger charge is 2.09. The van der Waals surface area contributed by atoms with Crippen LogP contribution in [0.3, 0.4) is 0 Å². The lowest BCUT2D eigenvalue weighted by atomic mass is 9.92. The van der Waals surface area contributed by atoms with E-state index in [9.17, 15) is 0 Å². The van der Waals surface area contributed by atoms with Gasteiger partial charge < -0.3 is 14.8 Å². The average Bonchev–Trinajstić information content (AvgIpc) is 2.42. The van der Waals surface area contributed by atoms with Crippen LogP contribution in [0.15, 0.2) is 24.3 Å². The molecule has 118 valence electrons. The summed E-state index contributed by atoms with van der Waals surface area (Å²) in [6.45, 7) is 11.3. The Morgan fingerprint density at radius 3 is 2.52 bits per heavy atom. The molecule has 0 aliphatic heterocycles. The number of rotatable bonds is 8. The van der Waals surface area contributed by atoms with Gasteiger partial charge in [-0.05, 0) is 43.0 Å². The predicted molar refractivity (Wildman–Crippen MR) is 90.1 cm³/mol. The first-order valence-corrected chi connectivity index (χ1v) is 7.60. The van der Waals surface area contributed by atoms with E-state index in [1.54, 1.807) is 7.11 Å². The lowest BCUT2D eigenvalue weighted by molar-refractivity contribution is 0.286. The van der Waals surface area contributed by atoms with Crippen LogP contribution >= 0.6 is 0 Å². The van der Waals surface area contributed by atoms with Crippen LogP contribution in [-0.4, -0.2) is 26.8 Å². The summed E-state index contributed by atoms with van der Waals surface area (Å²) in [6, 6.07) is 5.98. The van der Waals surface area contributed by atoms with Crippen LogP contribution in [0.4, 0.5) is 0 Å². The fourth-order valence-corrected chi connectivity index (χ4v) is 1.92. The highest BCUT2D eigenvalue weighted by molar-refractivity contribution is 5.55. The molecule has 0 bridgehead atoms. The first-order chi connectivity index (χ1) is 9.96. The molecule has 3 nitrogen and oxygen atoms in total. The van der Waals surface area contributed by atoms with E-state index in [1.807, 2.05) is 37.3 Å². The molecular formula is C18H29NO2. The normalized spacial score (nSPS) is 11.9. The van der Waals surface area contributed by atoms with Gasteiger partial charge in [-0.3, -0.25) is 0 Å². The molecule has 0 fully saturated rings. The second-order valence-corrected chi connectivity index (χ2v) is 6.32. The smallest absolute Gasteiger partial charge is 0.161 e. The molecular weight excluding hydrogens is 262 g/mol. The fourth-order valence-electron chi connectivity index (χ4n) is 1.92. The molecule has 21 heavy (non-hydrogen) atoms. The highest BCUT2D eigenvalue weighted by atomic mass is 16.5. The predicted octanol–water partition coefficient (Wildman–Crippen LogP) is 4.13. The zero-order valence-corrected chi connectivity index (χ0v) is 14.0. The van der Waals surface area contributed by atoms with E-state index in [-0.39, 0.29) is 0 Å². The molecule has 1 N–H and O–H groups in total. The zero-order chi connectivity index (χ0) is 15.7. The molecule has 0 amide bonds. The van der Waals surface area contributed by atoms with Gasteiger partial charge in [0.15, 0.2) is 11.5 Å². The summed E-state index contributed by atoms with van der Waals surface area (Å²) in [4.78, 5) is 0. The number of benzene rings is 1. The number of hydrogen-bond donors (Lipinski definition) is 1. The molecule has 0 aromatic heterocycles. The van der Waals surface area contributed by atoms with E-state index >= 15 is 0 Å². The van der Waals surface area contributed by atoms with Crippen molar-refractivity contribution >= 4 is 6.08 Å². The lowest BCUT2D eigenvalue weighted by Gasteiger charge is -2.18. The van der Waals surface area contributed by atoms with Gasteiger partial charge in [0.05, 0.1) is 7.11 Å². The summed E-state index contributed by atoms with van der Waals surface area (Å²) in [6.07, 6.45) is 5.21. The molecule has 0 spiro atoms. The maximum atomic E-state index is 5.78. The van der Waals surface area contributed by atoms with Gasteiger partial charge in [-0.1, -0.05) is 39.0 Å². The monoisotopic (exact) mass is 291 g/mol. The van der Waals surface area contributed by atoms with Crippen molar-refractivity contribution in [3.05, 3.63) is 29.8 Å². The topological polar surface area (TPSA) is 30.5 Å². The zero-order valence-electron chi connectivity index (χ0n) is 14.0. The SMILES string of the molecule is CC=Cc1ccc(OCCNCCC(C)(C)C)c(OC)c1. The third-order valence-electron chi connectivity index (χ3n) is 3.13. The fraction of sp³-hybridized carbons (Fsp3) is 0.556. The Bertz CT molecular complexity index is 447. The number of ether oxygens (including phenoxy) is 2. The molecule has 0 unspecified atom stereocenters. The van der Waals surface area contributed by atoms with E-state index in [0.717, 1.165) is 36.6 Å². The average molecular weight is 291 g/mol. The molecule has 0 aliphatic carbocycles. The second kappa shape index (κ2) is 8.73. The minimum absolute atomic E-state index is 0.375. The Morgan fingerprint density at radius 2 is 1.90 bits per heavy atom. The first kappa shape index (κ1) is 17.6. The summed E-state index contributed by atoms with van der Waals surface area (Å²) < 4.78 is 11.2. The van der Waals surface area contributed by atoms with Gasteiger partial charge in [0, 0.05) is 6.54 Å². The molecule has 3 heteroatoms. The van der Waals surface area contributed by atoms with Crippen molar-refractivity contribution in [1.29, 1.82) is 0 Å². The number of methoxy groups -OCH3 is 1. The summed E-state index contributed by atoms with van der Waals surface area (Å²) in [5.41, 5.74) is 1.49. The van der Waals surface area contributed by atoms with E-state index in [0.29, 0.717) is 12.0 Å². The first-order valence-electron chi connectivity index (χ1n) is 7.60. The Balaban J connectivity index is 2.38. The van der Waals surface area contributed by atoms with Crippen molar-refractivity contribution in [1.82, 2.24) is 5.32 Å². The summed E-state index contributed by atoms with van der Waals surface area (Å²) in [5.74, 6) is 1.57. The van der Waals surface area contributed by atoms with Crippen molar-refractivity contribution in [2.75, 3.05) is 26.8 Å². The van der Waals surface area contributed by atoms with Crippen molar-refractivity contribution < 1.29 is 9.47 Å². The minimum Gasteiger partial charge on any atom is -0.493 e. The maximum Gasteiger partial charge on any atom is 0.161 e. The van der Waals surface area contributed by atoms with E-state index in [2.05, 4.69) is 26.1 Å². The molecule has 1 aromatic carbocycles. The molecule has 0 aliphatic rings. The summed E-state index contributed by atoms with van der Waals surface area (Å²) in [7, 11) is 1.67. The van der Waals surface area contributed by atoms with Gasteiger partial charge in [-0.25, -0.2) is 0 Å². The van der Waals surface area contributed by atoms with Crippen LogP contribution in [0.25, 0.3) is 6.08 Å². The van der Waals surface area contributed by atoms with Crippen LogP contribution in [0.2, 0.25) is 0 Å². The van der Waals surface area contributed by atoms with E-state index in [4.69, 9.17) is 9.47 Å². The van der Waals surface area contributed by atoms with Crippen LogP contribution in [0.1, 0.15) is 39.7 Å². The molecule has 0 heterocycles. The third kappa shape index (κ3) is 7.19. The van der Waals surface area contributed by atoms with E-state index in [1.165, 1.54) is 0 Å². The summed E-state index contributed by atoms with van der Waals surface area (Å²) in [5, 5.41) is 3.40. The Labute approximate surface area is 129 Å². The van der Waals surface area contributed by atoms with Crippen LogP contribution in [-0.2, 0) is 0 Å². The van der Waals surface area contributed by atoms with Crippen molar-refractivity contribution in [2.24, 2.45) is 5.41 Å². The van der Waals surface area contributed by atoms with Gasteiger partial charge in [0.2, 0.25) is 0 Å². The molecule has 1 rings (SSSR count). The van der Waals surface area contributed by atoms with Crippen molar-refractivity contribution in [3.8, 4) is 11.5 Å². The van der Waals surface area contributed by atoms with Gasteiger partial charge in [-0.2, -0.15) is 0 Å². The third-order valence-corrected chi connectivity index (χ3v) is 3.13. The largest absolute Gasteiger partial charge is 0.493 e. The molecule has 1 aromatic rings. The van der Waals surface area contributed by atoms with Crippen LogP contribution in [0, 0.1) is 5.41 Å². The van der Waals surface area contributed by atoms with Gasteiger partial charge in [0.25, 0.3) is 0 Å². The minimum atomic E-state index is 0.375. The molecule has 0 saturated heterocycles. The Morgan fingerprint density at radius 1 is 1.14 bits per heavy atom. The number of nitrogens with one attached hydrogen (secondary N) is 1. The highest BCUT2D eigenvalue weighted by Crippen LogP contribution is 2.28. The second-order valence-electron chi connectivity index (χ2n) is 6.32. The van der Waals surface area contributed by atoms with Crippen LogP contribution in [0.5, 0.6) is 11.5 Å². The quantitative estimate of drug-likeness (QED) is 0.730. The van der Waals surface area contributed by atoms with Gasteiger partial charge >= 0.3 is 0 Å². The van der Waals surface area contributed by atoms with Gasteiger partial charge in [0.1, 0.15) is 6.61 Å². The molecule has 0 atom stereocenters.